The van der Waals surface area contributed by atoms with E-state index in [0.717, 1.165) is 12.5 Å². The van der Waals surface area contributed by atoms with E-state index in [9.17, 15) is 4.79 Å². The van der Waals surface area contributed by atoms with Crippen molar-refractivity contribution >= 4 is 18.3 Å². The predicted octanol–water partition coefficient (Wildman–Crippen LogP) is 2.18. The van der Waals surface area contributed by atoms with E-state index in [1.807, 2.05) is 6.92 Å². The van der Waals surface area contributed by atoms with Gasteiger partial charge >= 0.3 is 0 Å². The molecule has 0 spiro atoms. The summed E-state index contributed by atoms with van der Waals surface area (Å²) in [6.07, 6.45) is 2.34. The highest BCUT2D eigenvalue weighted by molar-refractivity contribution is 5.85. The molecule has 1 aromatic rings. The number of likely N-dealkylation sites (N-methyl/N-ethyl adjacent to an activating group) is 1. The maximum Gasteiger partial charge on any atom is 0.246 e. The fourth-order valence-electron chi connectivity index (χ4n) is 2.04. The molecule has 0 aromatic carbocycles. The molecule has 7 nitrogen and oxygen atoms in total. The standard InChI is InChI=1S/C16H28N4O3.ClH/c1-11(2)10-22-12(3)16-18-14(23-19-16)9-20(4)15(21)8-17-7-13-5-6-13;/h11-13,17H,5-10H2,1-4H3;1H. The third-order valence-electron chi connectivity index (χ3n) is 3.73. The number of nitrogens with one attached hydrogen (secondary N) is 1. The molecule has 1 aromatic heterocycles. The molecular weight excluding hydrogens is 332 g/mol. The molecule has 8 heteroatoms. The molecule has 0 bridgehead atoms. The second kappa shape index (κ2) is 9.96. The van der Waals surface area contributed by atoms with E-state index < -0.39 is 0 Å². The summed E-state index contributed by atoms with van der Waals surface area (Å²) in [6.45, 7) is 8.31. The van der Waals surface area contributed by atoms with Crippen LogP contribution < -0.4 is 5.32 Å². The normalized spacial score (nSPS) is 15.2. The van der Waals surface area contributed by atoms with Gasteiger partial charge in [0, 0.05) is 13.7 Å². The minimum Gasteiger partial charge on any atom is -0.370 e. The third-order valence-corrected chi connectivity index (χ3v) is 3.73. The molecule has 1 amide bonds. The molecule has 1 fully saturated rings. The molecule has 0 aliphatic heterocycles. The lowest BCUT2D eigenvalue weighted by atomic mass is 10.2. The molecule has 2 rings (SSSR count). The van der Waals surface area contributed by atoms with Crippen LogP contribution in [0.25, 0.3) is 0 Å². The van der Waals surface area contributed by atoms with Crippen LogP contribution in [-0.2, 0) is 16.1 Å². The van der Waals surface area contributed by atoms with Gasteiger partial charge in [0.05, 0.1) is 13.1 Å². The first kappa shape index (κ1) is 20.9. The molecule has 1 unspecified atom stereocenters. The minimum atomic E-state index is -0.212. The Morgan fingerprint density at radius 2 is 2.12 bits per heavy atom. The zero-order valence-electron chi connectivity index (χ0n) is 14.9. The maximum atomic E-state index is 12.0. The number of hydrogen-bond donors (Lipinski definition) is 1. The lowest BCUT2D eigenvalue weighted by molar-refractivity contribution is -0.129. The lowest BCUT2D eigenvalue weighted by Gasteiger charge is -2.15. The van der Waals surface area contributed by atoms with Crippen molar-refractivity contribution in [3.63, 3.8) is 0 Å². The van der Waals surface area contributed by atoms with Crippen molar-refractivity contribution in [3.8, 4) is 0 Å². The van der Waals surface area contributed by atoms with E-state index in [1.165, 1.54) is 12.8 Å². The summed E-state index contributed by atoms with van der Waals surface area (Å²) in [5.74, 6) is 2.19. The minimum absolute atomic E-state index is 0. The molecule has 1 atom stereocenters. The van der Waals surface area contributed by atoms with Crippen LogP contribution in [0.1, 0.15) is 51.4 Å². The Hall–Kier alpha value is -1.18. The SMILES string of the molecule is CC(C)COC(C)c1noc(CN(C)C(=O)CNCC2CC2)n1.Cl. The van der Waals surface area contributed by atoms with E-state index in [2.05, 4.69) is 29.3 Å². The highest BCUT2D eigenvalue weighted by Crippen LogP contribution is 2.27. The summed E-state index contributed by atoms with van der Waals surface area (Å²) in [4.78, 5) is 17.9. The molecule has 24 heavy (non-hydrogen) atoms. The van der Waals surface area contributed by atoms with Gasteiger partial charge in [-0.25, -0.2) is 0 Å². The Kier molecular flexibility index (Phi) is 8.66. The fourth-order valence-corrected chi connectivity index (χ4v) is 2.04. The quantitative estimate of drug-likeness (QED) is 0.688. The van der Waals surface area contributed by atoms with Crippen LogP contribution in [0.15, 0.2) is 4.52 Å². The van der Waals surface area contributed by atoms with Gasteiger partial charge in [-0.3, -0.25) is 4.79 Å². The lowest BCUT2D eigenvalue weighted by Crippen LogP contribution is -2.36. The Labute approximate surface area is 149 Å². The number of carbonyl (C=O) groups excluding carboxylic acids is 1. The number of carbonyl (C=O) groups is 1. The number of nitrogens with zero attached hydrogens (tertiary/aromatic N) is 3. The van der Waals surface area contributed by atoms with Crippen molar-refractivity contribution < 1.29 is 14.1 Å². The van der Waals surface area contributed by atoms with Crippen molar-refractivity contribution in [2.75, 3.05) is 26.7 Å². The zero-order chi connectivity index (χ0) is 16.8. The summed E-state index contributed by atoms with van der Waals surface area (Å²) in [5.41, 5.74) is 0. The number of ether oxygens (including phenoxy) is 1. The maximum absolute atomic E-state index is 12.0. The van der Waals surface area contributed by atoms with Crippen LogP contribution in [0.5, 0.6) is 0 Å². The van der Waals surface area contributed by atoms with E-state index in [1.54, 1.807) is 11.9 Å². The first-order chi connectivity index (χ1) is 11.0. The largest absolute Gasteiger partial charge is 0.370 e. The summed E-state index contributed by atoms with van der Waals surface area (Å²) in [6, 6.07) is 0. The van der Waals surface area contributed by atoms with Gasteiger partial charge in [0.2, 0.25) is 11.8 Å². The predicted molar refractivity (Wildman–Crippen MR) is 92.8 cm³/mol. The molecule has 1 aliphatic carbocycles. The van der Waals surface area contributed by atoms with Gasteiger partial charge in [-0.1, -0.05) is 19.0 Å². The number of rotatable bonds is 10. The van der Waals surface area contributed by atoms with Crippen molar-refractivity contribution in [1.82, 2.24) is 20.4 Å². The smallest absolute Gasteiger partial charge is 0.246 e. The van der Waals surface area contributed by atoms with E-state index >= 15 is 0 Å². The molecular formula is C16H29ClN4O3. The van der Waals surface area contributed by atoms with Crippen molar-refractivity contribution in [3.05, 3.63) is 11.7 Å². The van der Waals surface area contributed by atoms with Crippen LogP contribution >= 0.6 is 12.4 Å². The molecule has 1 aliphatic rings. The van der Waals surface area contributed by atoms with Gasteiger partial charge in [-0.2, -0.15) is 4.98 Å². The number of hydrogen-bond acceptors (Lipinski definition) is 6. The summed E-state index contributed by atoms with van der Waals surface area (Å²) >= 11 is 0. The summed E-state index contributed by atoms with van der Waals surface area (Å²) in [5, 5.41) is 7.12. The van der Waals surface area contributed by atoms with Crippen molar-refractivity contribution in [2.24, 2.45) is 11.8 Å². The average molecular weight is 361 g/mol. The second-order valence-electron chi connectivity index (χ2n) is 6.74. The molecule has 1 N–H and O–H groups in total. The van der Waals surface area contributed by atoms with Gasteiger partial charge < -0.3 is 19.5 Å². The van der Waals surface area contributed by atoms with E-state index in [0.29, 0.717) is 37.3 Å². The molecule has 0 saturated heterocycles. The Bertz CT molecular complexity index is 505. The van der Waals surface area contributed by atoms with Crippen LogP contribution in [0.3, 0.4) is 0 Å². The van der Waals surface area contributed by atoms with Crippen molar-refractivity contribution in [2.45, 2.75) is 46.3 Å². The molecule has 138 valence electrons. The van der Waals surface area contributed by atoms with Crippen LogP contribution in [-0.4, -0.2) is 47.7 Å². The number of aromatic nitrogens is 2. The van der Waals surface area contributed by atoms with Gasteiger partial charge in [-0.05, 0) is 38.1 Å². The third kappa shape index (κ3) is 7.15. The fraction of sp³-hybridized carbons (Fsp3) is 0.812. The molecule has 0 radical (unpaired) electrons. The van der Waals surface area contributed by atoms with Crippen molar-refractivity contribution in [1.29, 1.82) is 0 Å². The van der Waals surface area contributed by atoms with Crippen LogP contribution in [0, 0.1) is 11.8 Å². The number of halogens is 1. The number of amides is 1. The summed E-state index contributed by atoms with van der Waals surface area (Å²) in [7, 11) is 1.74. The van der Waals surface area contributed by atoms with Gasteiger partial charge in [-0.15, -0.1) is 12.4 Å². The Morgan fingerprint density at radius 1 is 1.42 bits per heavy atom. The topological polar surface area (TPSA) is 80.5 Å². The Morgan fingerprint density at radius 3 is 2.75 bits per heavy atom. The van der Waals surface area contributed by atoms with Crippen LogP contribution in [0.2, 0.25) is 0 Å². The molecule has 1 saturated carbocycles. The second-order valence-corrected chi connectivity index (χ2v) is 6.74. The van der Waals surface area contributed by atoms with Crippen LogP contribution in [0.4, 0.5) is 0 Å². The van der Waals surface area contributed by atoms with E-state index in [-0.39, 0.29) is 24.4 Å². The highest BCUT2D eigenvalue weighted by atomic mass is 35.5. The Balaban J connectivity index is 0.00000288. The monoisotopic (exact) mass is 360 g/mol. The first-order valence-corrected chi connectivity index (χ1v) is 8.34. The highest BCUT2D eigenvalue weighted by Gasteiger charge is 2.21. The van der Waals surface area contributed by atoms with Gasteiger partial charge in [0.25, 0.3) is 0 Å². The first-order valence-electron chi connectivity index (χ1n) is 8.34. The van der Waals surface area contributed by atoms with Gasteiger partial charge in [0.15, 0.2) is 5.82 Å². The van der Waals surface area contributed by atoms with Gasteiger partial charge in [0.1, 0.15) is 6.10 Å². The van der Waals surface area contributed by atoms with E-state index in [4.69, 9.17) is 9.26 Å². The zero-order valence-corrected chi connectivity index (χ0v) is 15.8. The average Bonchev–Trinajstić information content (AvgIpc) is 3.21. The summed E-state index contributed by atoms with van der Waals surface area (Å²) < 4.78 is 10.9. The molecule has 1 heterocycles.